The fourth-order valence-electron chi connectivity index (χ4n) is 1.77. The van der Waals surface area contributed by atoms with E-state index in [4.69, 9.17) is 5.14 Å². The van der Waals surface area contributed by atoms with Crippen molar-refractivity contribution in [3.63, 3.8) is 0 Å². The topological polar surface area (TPSA) is 101 Å². The molecule has 112 valence electrons. The number of amides is 1. The highest BCUT2D eigenvalue weighted by Gasteiger charge is 2.11. The highest BCUT2D eigenvalue weighted by atomic mass is 32.2. The lowest BCUT2D eigenvalue weighted by Gasteiger charge is -2.14. The lowest BCUT2D eigenvalue weighted by Crippen LogP contribution is -2.28. The number of carbonyl (C=O) groups is 1. The average Bonchev–Trinajstić information content (AvgIpc) is 2.38. The summed E-state index contributed by atoms with van der Waals surface area (Å²) in [5.74, 6) is -0.00881. The highest BCUT2D eigenvalue weighted by Crippen LogP contribution is 2.16. The van der Waals surface area contributed by atoms with Gasteiger partial charge in [0.2, 0.25) is 15.9 Å². The Morgan fingerprint density at radius 3 is 2.70 bits per heavy atom. The number of nitrogens with two attached hydrogens (primary N) is 1. The van der Waals surface area contributed by atoms with Crippen LogP contribution in [0.2, 0.25) is 0 Å². The molecule has 1 unspecified atom stereocenters. The van der Waals surface area contributed by atoms with Gasteiger partial charge in [-0.25, -0.2) is 13.6 Å². The summed E-state index contributed by atoms with van der Waals surface area (Å²) in [6.45, 7) is 4.91. The van der Waals surface area contributed by atoms with Gasteiger partial charge in [0.15, 0.2) is 0 Å². The maximum Gasteiger partial charge on any atom is 0.238 e. The molecule has 0 heterocycles. The largest absolute Gasteiger partial charge is 0.356 e. The van der Waals surface area contributed by atoms with Crippen molar-refractivity contribution < 1.29 is 13.2 Å². The first kappa shape index (κ1) is 16.6. The molecule has 0 saturated heterocycles. The number of rotatable bonds is 7. The first-order chi connectivity index (χ1) is 9.34. The van der Waals surface area contributed by atoms with Crippen LogP contribution >= 0.6 is 0 Å². The van der Waals surface area contributed by atoms with Crippen LogP contribution in [0.1, 0.15) is 31.9 Å². The number of primary sulfonamides is 1. The molecule has 0 aliphatic heterocycles. The van der Waals surface area contributed by atoms with Crippen LogP contribution in [-0.4, -0.2) is 27.4 Å². The minimum Gasteiger partial charge on any atom is -0.356 e. The van der Waals surface area contributed by atoms with Crippen molar-refractivity contribution in [1.82, 2.24) is 10.6 Å². The number of benzene rings is 1. The van der Waals surface area contributed by atoms with Crippen LogP contribution in [0.25, 0.3) is 0 Å². The van der Waals surface area contributed by atoms with Gasteiger partial charge in [-0.3, -0.25) is 4.79 Å². The molecule has 1 aromatic rings. The number of nitrogens with one attached hydrogen (secondary N) is 2. The third kappa shape index (κ3) is 5.28. The monoisotopic (exact) mass is 299 g/mol. The van der Waals surface area contributed by atoms with Crippen LogP contribution < -0.4 is 15.8 Å². The van der Waals surface area contributed by atoms with Crippen molar-refractivity contribution in [1.29, 1.82) is 0 Å². The summed E-state index contributed by atoms with van der Waals surface area (Å²) < 4.78 is 22.6. The summed E-state index contributed by atoms with van der Waals surface area (Å²) in [4.78, 5) is 11.4. The first-order valence-corrected chi connectivity index (χ1v) is 8.02. The lowest BCUT2D eigenvalue weighted by atomic mass is 10.1. The van der Waals surface area contributed by atoms with Gasteiger partial charge in [0, 0.05) is 25.6 Å². The molecule has 20 heavy (non-hydrogen) atoms. The zero-order chi connectivity index (χ0) is 15.2. The molecule has 0 aromatic heterocycles. The number of hydrogen-bond acceptors (Lipinski definition) is 4. The Labute approximate surface area is 119 Å². The van der Waals surface area contributed by atoms with E-state index in [9.17, 15) is 13.2 Å². The fourth-order valence-corrected chi connectivity index (χ4v) is 2.34. The molecule has 1 atom stereocenters. The molecular formula is C13H21N3O3S. The maximum atomic E-state index is 11.3. The standard InChI is InChI=1S/C13H21N3O3S/c1-3-15-13(17)7-8-16-10(2)11-5-4-6-12(9-11)20(14,18)19/h4-6,9-10,16H,3,7-8H2,1-2H3,(H,15,17)(H2,14,18,19). The number of carbonyl (C=O) groups excluding carboxylic acids is 1. The quantitative estimate of drug-likeness (QED) is 0.683. The summed E-state index contributed by atoms with van der Waals surface area (Å²) in [7, 11) is -3.69. The summed E-state index contributed by atoms with van der Waals surface area (Å²) in [6.07, 6.45) is 0.382. The second-order valence-electron chi connectivity index (χ2n) is 4.50. The fraction of sp³-hybridized carbons (Fsp3) is 0.462. The minimum absolute atomic E-state index is 0.00881. The Hall–Kier alpha value is -1.44. The molecule has 4 N–H and O–H groups in total. The molecule has 1 aromatic carbocycles. The molecule has 0 saturated carbocycles. The van der Waals surface area contributed by atoms with Gasteiger partial charge in [-0.05, 0) is 31.5 Å². The normalized spacial score (nSPS) is 12.9. The van der Waals surface area contributed by atoms with E-state index in [1.165, 1.54) is 6.07 Å². The zero-order valence-corrected chi connectivity index (χ0v) is 12.5. The Morgan fingerprint density at radius 2 is 2.10 bits per heavy atom. The Morgan fingerprint density at radius 1 is 1.40 bits per heavy atom. The van der Waals surface area contributed by atoms with E-state index in [-0.39, 0.29) is 16.8 Å². The molecule has 0 spiro atoms. The van der Waals surface area contributed by atoms with Crippen LogP contribution in [0.4, 0.5) is 0 Å². The summed E-state index contributed by atoms with van der Waals surface area (Å²) in [6, 6.07) is 6.40. The molecule has 0 radical (unpaired) electrons. The van der Waals surface area contributed by atoms with Crippen LogP contribution in [0, 0.1) is 0 Å². The van der Waals surface area contributed by atoms with Gasteiger partial charge in [-0.1, -0.05) is 12.1 Å². The van der Waals surface area contributed by atoms with Gasteiger partial charge in [-0.2, -0.15) is 0 Å². The third-order valence-corrected chi connectivity index (χ3v) is 3.77. The minimum atomic E-state index is -3.69. The SMILES string of the molecule is CCNC(=O)CCNC(C)c1cccc(S(N)(=O)=O)c1. The van der Waals surface area contributed by atoms with Gasteiger partial charge in [0.05, 0.1) is 4.90 Å². The first-order valence-electron chi connectivity index (χ1n) is 6.47. The van der Waals surface area contributed by atoms with E-state index in [1.807, 2.05) is 19.9 Å². The molecular weight excluding hydrogens is 278 g/mol. The second kappa shape index (κ2) is 7.37. The van der Waals surface area contributed by atoms with Gasteiger partial charge < -0.3 is 10.6 Å². The van der Waals surface area contributed by atoms with Crippen molar-refractivity contribution in [3.05, 3.63) is 29.8 Å². The van der Waals surface area contributed by atoms with Crippen LogP contribution in [0.5, 0.6) is 0 Å². The van der Waals surface area contributed by atoms with Gasteiger partial charge in [0.25, 0.3) is 0 Å². The molecule has 7 heteroatoms. The third-order valence-electron chi connectivity index (χ3n) is 2.86. The van der Waals surface area contributed by atoms with E-state index in [1.54, 1.807) is 12.1 Å². The molecule has 0 aliphatic carbocycles. The van der Waals surface area contributed by atoms with Gasteiger partial charge >= 0.3 is 0 Å². The van der Waals surface area contributed by atoms with Crippen molar-refractivity contribution in [3.8, 4) is 0 Å². The molecule has 0 bridgehead atoms. The second-order valence-corrected chi connectivity index (χ2v) is 6.06. The zero-order valence-electron chi connectivity index (χ0n) is 11.7. The van der Waals surface area contributed by atoms with E-state index in [2.05, 4.69) is 10.6 Å². The van der Waals surface area contributed by atoms with E-state index >= 15 is 0 Å². The molecule has 6 nitrogen and oxygen atoms in total. The van der Waals surface area contributed by atoms with E-state index in [0.717, 1.165) is 5.56 Å². The smallest absolute Gasteiger partial charge is 0.238 e. The Kier molecular flexibility index (Phi) is 6.12. The number of sulfonamides is 1. The van der Waals surface area contributed by atoms with Crippen LogP contribution in [0.3, 0.4) is 0 Å². The van der Waals surface area contributed by atoms with Crippen molar-refractivity contribution in [2.45, 2.75) is 31.2 Å². The Balaban J connectivity index is 2.60. The maximum absolute atomic E-state index is 11.3. The van der Waals surface area contributed by atoms with Crippen molar-refractivity contribution in [2.24, 2.45) is 5.14 Å². The number of hydrogen-bond donors (Lipinski definition) is 3. The predicted octanol–water partition coefficient (Wildman–Crippen LogP) is 0.511. The average molecular weight is 299 g/mol. The van der Waals surface area contributed by atoms with Crippen LogP contribution in [-0.2, 0) is 14.8 Å². The molecule has 0 fully saturated rings. The summed E-state index contributed by atoms with van der Waals surface area (Å²) in [5.41, 5.74) is 0.812. The van der Waals surface area contributed by atoms with Crippen molar-refractivity contribution >= 4 is 15.9 Å². The van der Waals surface area contributed by atoms with Gasteiger partial charge in [0.1, 0.15) is 0 Å². The van der Waals surface area contributed by atoms with Crippen LogP contribution in [0.15, 0.2) is 29.2 Å². The molecule has 0 aliphatic rings. The summed E-state index contributed by atoms with van der Waals surface area (Å²) in [5, 5.41) is 11.0. The molecule has 1 rings (SSSR count). The predicted molar refractivity (Wildman–Crippen MR) is 77.5 cm³/mol. The lowest BCUT2D eigenvalue weighted by molar-refractivity contribution is -0.120. The van der Waals surface area contributed by atoms with Gasteiger partial charge in [-0.15, -0.1) is 0 Å². The highest BCUT2D eigenvalue weighted by molar-refractivity contribution is 7.89. The van der Waals surface area contributed by atoms with E-state index < -0.39 is 10.0 Å². The Bertz CT molecular complexity index is 558. The van der Waals surface area contributed by atoms with E-state index in [0.29, 0.717) is 19.5 Å². The summed E-state index contributed by atoms with van der Waals surface area (Å²) >= 11 is 0. The molecule has 1 amide bonds. The van der Waals surface area contributed by atoms with Crippen molar-refractivity contribution in [2.75, 3.05) is 13.1 Å².